The number of pyridine rings is 1. The third kappa shape index (κ3) is 2.41. The predicted molar refractivity (Wildman–Crippen MR) is 72.1 cm³/mol. The minimum atomic E-state index is 0.649. The normalized spacial score (nSPS) is 17.1. The minimum absolute atomic E-state index is 0.649. The Hall–Kier alpha value is -1.36. The largest absolute Gasteiger partial charge is 0.298 e. The molecular weight excluding hydrogens is 246 g/mol. The maximum Gasteiger partial charge on any atom is 0.156 e. The van der Waals surface area contributed by atoms with Crippen molar-refractivity contribution >= 4 is 23.7 Å². The summed E-state index contributed by atoms with van der Waals surface area (Å²) in [5, 5.41) is 4.47. The van der Waals surface area contributed by atoms with E-state index in [1.54, 1.807) is 22.8 Å². The summed E-state index contributed by atoms with van der Waals surface area (Å²) in [6.45, 7) is 0. The van der Waals surface area contributed by atoms with Crippen LogP contribution in [0.15, 0.2) is 18.3 Å². The molecule has 0 bridgehead atoms. The summed E-state index contributed by atoms with van der Waals surface area (Å²) in [5.74, 6) is 4.13. The Labute approximate surface area is 110 Å². The van der Waals surface area contributed by atoms with Gasteiger partial charge >= 0.3 is 0 Å². The van der Waals surface area contributed by atoms with Crippen LogP contribution in [0.4, 0.5) is 0 Å². The number of hydrogen-bond acceptors (Lipinski definition) is 4. The van der Waals surface area contributed by atoms with Gasteiger partial charge in [0.15, 0.2) is 11.5 Å². The van der Waals surface area contributed by atoms with Crippen molar-refractivity contribution in [3.8, 4) is 0 Å². The average Bonchev–Trinajstić information content (AvgIpc) is 2.80. The van der Waals surface area contributed by atoms with E-state index in [9.17, 15) is 4.79 Å². The van der Waals surface area contributed by atoms with Gasteiger partial charge in [-0.2, -0.15) is 16.9 Å². The van der Waals surface area contributed by atoms with E-state index >= 15 is 0 Å². The molecule has 0 saturated carbocycles. The monoisotopic (exact) mass is 261 g/mol. The van der Waals surface area contributed by atoms with E-state index in [4.69, 9.17) is 0 Å². The molecule has 0 atom stereocenters. The molecule has 0 amide bonds. The molecule has 5 heteroatoms. The summed E-state index contributed by atoms with van der Waals surface area (Å²) in [6.07, 6.45) is 6.12. The summed E-state index contributed by atoms with van der Waals surface area (Å²) in [6, 6.07) is 3.54. The summed E-state index contributed by atoms with van der Waals surface area (Å²) in [7, 11) is 0. The Kier molecular flexibility index (Phi) is 3.32. The highest BCUT2D eigenvalue weighted by molar-refractivity contribution is 7.99. The molecule has 0 unspecified atom stereocenters. The van der Waals surface area contributed by atoms with E-state index in [0.717, 1.165) is 24.2 Å². The molecule has 4 nitrogen and oxygen atoms in total. The van der Waals surface area contributed by atoms with Crippen LogP contribution in [0.1, 0.15) is 29.0 Å². The number of carbonyl (C=O) groups excluding carboxylic acids is 1. The van der Waals surface area contributed by atoms with Gasteiger partial charge < -0.3 is 0 Å². The number of carbonyl (C=O) groups is 1. The SMILES string of the molecule is O=Cc1ccn2nc(CC3CCSCC3)nc2c1. The molecule has 18 heavy (non-hydrogen) atoms. The van der Waals surface area contributed by atoms with Gasteiger partial charge in [-0.25, -0.2) is 9.50 Å². The summed E-state index contributed by atoms with van der Waals surface area (Å²) in [4.78, 5) is 15.2. The van der Waals surface area contributed by atoms with Gasteiger partial charge in [0.05, 0.1) is 0 Å². The van der Waals surface area contributed by atoms with E-state index in [-0.39, 0.29) is 0 Å². The Morgan fingerprint density at radius 2 is 2.28 bits per heavy atom. The first-order chi connectivity index (χ1) is 8.85. The zero-order valence-corrected chi connectivity index (χ0v) is 10.9. The van der Waals surface area contributed by atoms with Crippen LogP contribution in [0.5, 0.6) is 0 Å². The van der Waals surface area contributed by atoms with E-state index in [2.05, 4.69) is 10.1 Å². The van der Waals surface area contributed by atoms with E-state index in [1.807, 2.05) is 11.8 Å². The smallest absolute Gasteiger partial charge is 0.156 e. The van der Waals surface area contributed by atoms with Crippen molar-refractivity contribution in [1.82, 2.24) is 14.6 Å². The van der Waals surface area contributed by atoms with Crippen molar-refractivity contribution in [1.29, 1.82) is 0 Å². The molecule has 2 aromatic heterocycles. The molecular formula is C13H15N3OS. The van der Waals surface area contributed by atoms with Crippen molar-refractivity contribution in [3.63, 3.8) is 0 Å². The van der Waals surface area contributed by atoms with Crippen molar-refractivity contribution < 1.29 is 4.79 Å². The van der Waals surface area contributed by atoms with E-state index in [1.165, 1.54) is 24.3 Å². The number of aromatic nitrogens is 3. The number of nitrogens with zero attached hydrogens (tertiary/aromatic N) is 3. The summed E-state index contributed by atoms with van der Waals surface area (Å²) >= 11 is 2.03. The van der Waals surface area contributed by atoms with Gasteiger partial charge in [0.25, 0.3) is 0 Å². The van der Waals surface area contributed by atoms with Crippen LogP contribution in [0, 0.1) is 5.92 Å². The molecule has 0 radical (unpaired) electrons. The van der Waals surface area contributed by atoms with Crippen LogP contribution in [-0.2, 0) is 6.42 Å². The predicted octanol–water partition coefficient (Wildman–Crippen LogP) is 2.23. The number of thioether (sulfide) groups is 1. The van der Waals surface area contributed by atoms with Crippen LogP contribution in [0.3, 0.4) is 0 Å². The van der Waals surface area contributed by atoms with Crippen LogP contribution < -0.4 is 0 Å². The molecule has 0 aliphatic carbocycles. The van der Waals surface area contributed by atoms with Crippen LogP contribution in [0.25, 0.3) is 5.65 Å². The van der Waals surface area contributed by atoms with Gasteiger partial charge in [-0.15, -0.1) is 0 Å². The van der Waals surface area contributed by atoms with Gasteiger partial charge in [-0.3, -0.25) is 4.79 Å². The lowest BCUT2D eigenvalue weighted by Gasteiger charge is -2.19. The van der Waals surface area contributed by atoms with Crippen LogP contribution in [-0.4, -0.2) is 32.4 Å². The maximum atomic E-state index is 10.7. The molecule has 2 aromatic rings. The molecule has 0 N–H and O–H groups in total. The second kappa shape index (κ2) is 5.10. The quantitative estimate of drug-likeness (QED) is 0.795. The lowest BCUT2D eigenvalue weighted by atomic mass is 9.99. The highest BCUT2D eigenvalue weighted by Gasteiger charge is 2.16. The molecule has 1 saturated heterocycles. The van der Waals surface area contributed by atoms with Gasteiger partial charge in [-0.05, 0) is 42.4 Å². The lowest BCUT2D eigenvalue weighted by Crippen LogP contribution is -2.13. The zero-order valence-electron chi connectivity index (χ0n) is 10.1. The molecule has 1 aliphatic rings. The Morgan fingerprint density at radius 1 is 1.44 bits per heavy atom. The van der Waals surface area contributed by atoms with Crippen LogP contribution >= 0.6 is 11.8 Å². The molecule has 3 heterocycles. The lowest BCUT2D eigenvalue weighted by molar-refractivity contribution is 0.112. The fraction of sp³-hybridized carbons (Fsp3) is 0.462. The Balaban J connectivity index is 1.81. The van der Waals surface area contributed by atoms with Gasteiger partial charge in [-0.1, -0.05) is 0 Å². The molecule has 0 spiro atoms. The first-order valence-electron chi connectivity index (χ1n) is 6.23. The highest BCUT2D eigenvalue weighted by atomic mass is 32.2. The van der Waals surface area contributed by atoms with Crippen molar-refractivity contribution in [2.75, 3.05) is 11.5 Å². The number of fused-ring (bicyclic) bond motifs is 1. The first kappa shape index (κ1) is 11.7. The number of aldehydes is 1. The van der Waals surface area contributed by atoms with Crippen molar-refractivity contribution in [3.05, 3.63) is 29.7 Å². The Morgan fingerprint density at radius 3 is 3.06 bits per heavy atom. The second-order valence-corrected chi connectivity index (χ2v) is 5.89. The molecule has 0 aromatic carbocycles. The van der Waals surface area contributed by atoms with E-state index < -0.39 is 0 Å². The summed E-state index contributed by atoms with van der Waals surface area (Å²) in [5.41, 5.74) is 1.41. The van der Waals surface area contributed by atoms with Gasteiger partial charge in [0.1, 0.15) is 6.29 Å². The zero-order chi connectivity index (χ0) is 12.4. The highest BCUT2D eigenvalue weighted by Crippen LogP contribution is 2.25. The average molecular weight is 261 g/mol. The third-order valence-electron chi connectivity index (χ3n) is 3.35. The minimum Gasteiger partial charge on any atom is -0.298 e. The van der Waals surface area contributed by atoms with Gasteiger partial charge in [0.2, 0.25) is 0 Å². The first-order valence-corrected chi connectivity index (χ1v) is 7.39. The molecule has 3 rings (SSSR count). The third-order valence-corrected chi connectivity index (χ3v) is 4.40. The van der Waals surface area contributed by atoms with Crippen molar-refractivity contribution in [2.45, 2.75) is 19.3 Å². The fourth-order valence-corrected chi connectivity index (χ4v) is 3.52. The van der Waals surface area contributed by atoms with E-state index in [0.29, 0.717) is 11.5 Å². The van der Waals surface area contributed by atoms with Gasteiger partial charge in [0, 0.05) is 18.2 Å². The van der Waals surface area contributed by atoms with Crippen molar-refractivity contribution in [2.24, 2.45) is 5.92 Å². The fourth-order valence-electron chi connectivity index (χ4n) is 2.31. The Bertz CT molecular complexity index is 560. The standard InChI is InChI=1S/C13H15N3OS/c17-9-11-1-4-16-13(8-11)14-12(15-16)7-10-2-5-18-6-3-10/h1,4,8-10H,2-3,5-7H2. The van der Waals surface area contributed by atoms with Crippen LogP contribution in [0.2, 0.25) is 0 Å². The molecule has 1 aliphatic heterocycles. The summed E-state index contributed by atoms with van der Waals surface area (Å²) < 4.78 is 1.75. The maximum absolute atomic E-state index is 10.7. The molecule has 94 valence electrons. The topological polar surface area (TPSA) is 47.3 Å². The number of rotatable bonds is 3. The number of hydrogen-bond donors (Lipinski definition) is 0. The second-order valence-electron chi connectivity index (χ2n) is 4.67. The molecule has 1 fully saturated rings.